The molecule has 0 aliphatic carbocycles. The maximum absolute atomic E-state index is 9.19. The molecule has 13 heavy (non-hydrogen) atoms. The monoisotopic (exact) mass is 178 g/mol. The van der Waals surface area contributed by atoms with Gasteiger partial charge >= 0.3 is 0 Å². The molecule has 0 fully saturated rings. The van der Waals surface area contributed by atoms with Gasteiger partial charge in [-0.1, -0.05) is 12.6 Å². The molecule has 70 valence electrons. The van der Waals surface area contributed by atoms with E-state index in [4.69, 9.17) is 4.74 Å². The average Bonchev–Trinajstić information content (AvgIpc) is 2.04. The quantitative estimate of drug-likeness (QED) is 0.769. The second kappa shape index (κ2) is 4.10. The Balaban J connectivity index is 2.95. The van der Waals surface area contributed by atoms with Gasteiger partial charge in [-0.2, -0.15) is 0 Å². The molecule has 0 heterocycles. The van der Waals surface area contributed by atoms with Crippen molar-refractivity contribution in [2.45, 2.75) is 6.92 Å². The topological polar surface area (TPSA) is 29.5 Å². The molecule has 2 heteroatoms. The number of aryl methyl sites for hydroxylation is 1. The van der Waals surface area contributed by atoms with E-state index < -0.39 is 0 Å². The van der Waals surface area contributed by atoms with E-state index in [1.165, 1.54) is 0 Å². The highest BCUT2D eigenvalue weighted by Crippen LogP contribution is 2.21. The summed E-state index contributed by atoms with van der Waals surface area (Å²) in [6, 6.07) is 5.23. The van der Waals surface area contributed by atoms with Gasteiger partial charge in [0.1, 0.15) is 5.75 Å². The summed E-state index contributed by atoms with van der Waals surface area (Å²) in [5.74, 6) is 0.284. The minimum Gasteiger partial charge on any atom is -0.508 e. The summed E-state index contributed by atoms with van der Waals surface area (Å²) < 4.78 is 4.98. The Kier molecular flexibility index (Phi) is 3.09. The maximum Gasteiger partial charge on any atom is 0.115 e. The fourth-order valence-electron chi connectivity index (χ4n) is 1.30. The van der Waals surface area contributed by atoms with Gasteiger partial charge in [0, 0.05) is 7.11 Å². The van der Waals surface area contributed by atoms with Crippen molar-refractivity contribution < 1.29 is 9.84 Å². The lowest BCUT2D eigenvalue weighted by atomic mass is 10.0. The Morgan fingerprint density at radius 3 is 2.77 bits per heavy atom. The van der Waals surface area contributed by atoms with Gasteiger partial charge in [0.25, 0.3) is 0 Å². The van der Waals surface area contributed by atoms with Gasteiger partial charge in [0.05, 0.1) is 6.61 Å². The molecule has 0 amide bonds. The van der Waals surface area contributed by atoms with Crippen LogP contribution in [0.25, 0.3) is 5.57 Å². The molecule has 0 saturated carbocycles. The van der Waals surface area contributed by atoms with E-state index in [9.17, 15) is 5.11 Å². The van der Waals surface area contributed by atoms with Crippen molar-refractivity contribution in [2.75, 3.05) is 13.7 Å². The van der Waals surface area contributed by atoms with E-state index in [1.54, 1.807) is 19.2 Å². The van der Waals surface area contributed by atoms with Gasteiger partial charge in [0.15, 0.2) is 0 Å². The van der Waals surface area contributed by atoms with E-state index >= 15 is 0 Å². The van der Waals surface area contributed by atoms with E-state index in [0.29, 0.717) is 6.61 Å². The molecule has 0 saturated heterocycles. The van der Waals surface area contributed by atoms with Crippen LogP contribution >= 0.6 is 0 Å². The highest BCUT2D eigenvalue weighted by Gasteiger charge is 2.02. The average molecular weight is 178 g/mol. The van der Waals surface area contributed by atoms with Crippen LogP contribution in [0, 0.1) is 6.92 Å². The number of ether oxygens (including phenoxy) is 1. The van der Waals surface area contributed by atoms with Crippen molar-refractivity contribution >= 4 is 5.57 Å². The molecule has 2 nitrogen and oxygen atoms in total. The number of hydrogen-bond acceptors (Lipinski definition) is 2. The van der Waals surface area contributed by atoms with Crippen molar-refractivity contribution in [3.8, 4) is 5.75 Å². The Morgan fingerprint density at radius 2 is 2.23 bits per heavy atom. The third-order valence-electron chi connectivity index (χ3n) is 1.91. The van der Waals surface area contributed by atoms with E-state index in [-0.39, 0.29) is 5.75 Å². The Labute approximate surface area is 78.5 Å². The van der Waals surface area contributed by atoms with Gasteiger partial charge in [-0.3, -0.25) is 0 Å². The summed E-state index contributed by atoms with van der Waals surface area (Å²) in [7, 11) is 1.64. The number of hydrogen-bond donors (Lipinski definition) is 1. The number of phenolic OH excluding ortho intramolecular Hbond substituents is 1. The molecule has 0 spiro atoms. The van der Waals surface area contributed by atoms with Crippen LogP contribution in [0.1, 0.15) is 11.1 Å². The fraction of sp³-hybridized carbons (Fsp3) is 0.273. The van der Waals surface area contributed by atoms with Crippen molar-refractivity contribution in [3.63, 3.8) is 0 Å². The molecule has 1 N–H and O–H groups in total. The first-order valence-electron chi connectivity index (χ1n) is 4.12. The summed E-state index contributed by atoms with van der Waals surface area (Å²) in [4.78, 5) is 0. The molecule has 0 bridgehead atoms. The molecular weight excluding hydrogens is 164 g/mol. The van der Waals surface area contributed by atoms with Crippen LogP contribution in [0.3, 0.4) is 0 Å². The van der Waals surface area contributed by atoms with E-state index in [1.807, 2.05) is 13.0 Å². The zero-order valence-corrected chi connectivity index (χ0v) is 8.00. The molecule has 0 aromatic heterocycles. The lowest BCUT2D eigenvalue weighted by molar-refractivity contribution is 0.240. The number of benzene rings is 1. The summed E-state index contributed by atoms with van der Waals surface area (Å²) >= 11 is 0. The number of methoxy groups -OCH3 is 1. The largest absolute Gasteiger partial charge is 0.508 e. The van der Waals surface area contributed by atoms with Crippen LogP contribution in [0.4, 0.5) is 0 Å². The fourth-order valence-corrected chi connectivity index (χ4v) is 1.30. The minimum absolute atomic E-state index is 0.284. The van der Waals surface area contributed by atoms with Crippen LogP contribution in [0.15, 0.2) is 24.8 Å². The van der Waals surface area contributed by atoms with Gasteiger partial charge in [0.2, 0.25) is 0 Å². The first-order valence-corrected chi connectivity index (χ1v) is 4.12. The molecular formula is C11H14O2. The molecule has 0 atom stereocenters. The van der Waals surface area contributed by atoms with Crippen molar-refractivity contribution in [1.82, 2.24) is 0 Å². The maximum atomic E-state index is 9.19. The summed E-state index contributed by atoms with van der Waals surface area (Å²) in [5.41, 5.74) is 2.99. The second-order valence-corrected chi connectivity index (χ2v) is 3.04. The standard InChI is InChI=1S/C11H14O2/c1-8-6-10(12)4-5-11(8)9(2)7-13-3/h4-6,12H,2,7H2,1,3H3. The third-order valence-corrected chi connectivity index (χ3v) is 1.91. The predicted molar refractivity (Wildman–Crippen MR) is 53.8 cm³/mol. The van der Waals surface area contributed by atoms with Crippen LogP contribution in [-0.2, 0) is 4.74 Å². The van der Waals surface area contributed by atoms with Gasteiger partial charge in [-0.25, -0.2) is 0 Å². The molecule has 0 radical (unpaired) electrons. The summed E-state index contributed by atoms with van der Waals surface area (Å²) in [5, 5.41) is 9.19. The zero-order chi connectivity index (χ0) is 9.84. The highest BCUT2D eigenvalue weighted by molar-refractivity contribution is 5.67. The predicted octanol–water partition coefficient (Wildman–Crippen LogP) is 2.36. The van der Waals surface area contributed by atoms with Crippen LogP contribution in [0.5, 0.6) is 5.75 Å². The SMILES string of the molecule is C=C(COC)c1ccc(O)cc1C. The number of aromatic hydroxyl groups is 1. The third kappa shape index (κ3) is 2.33. The molecule has 1 aromatic rings. The summed E-state index contributed by atoms with van der Waals surface area (Å²) in [6.07, 6.45) is 0. The smallest absolute Gasteiger partial charge is 0.115 e. The van der Waals surface area contributed by atoms with Crippen LogP contribution in [-0.4, -0.2) is 18.8 Å². The van der Waals surface area contributed by atoms with Gasteiger partial charge < -0.3 is 9.84 Å². The van der Waals surface area contributed by atoms with Crippen LogP contribution in [0.2, 0.25) is 0 Å². The Hall–Kier alpha value is -1.28. The van der Waals surface area contributed by atoms with Crippen molar-refractivity contribution in [3.05, 3.63) is 35.9 Å². The highest BCUT2D eigenvalue weighted by atomic mass is 16.5. The molecule has 1 aromatic carbocycles. The number of phenols is 1. The van der Waals surface area contributed by atoms with Crippen LogP contribution < -0.4 is 0 Å². The summed E-state index contributed by atoms with van der Waals surface area (Å²) in [6.45, 7) is 6.36. The first-order chi connectivity index (χ1) is 6.15. The van der Waals surface area contributed by atoms with Crippen molar-refractivity contribution in [2.24, 2.45) is 0 Å². The minimum atomic E-state index is 0.284. The first kappa shape index (κ1) is 9.81. The second-order valence-electron chi connectivity index (χ2n) is 3.04. The van der Waals surface area contributed by atoms with Crippen molar-refractivity contribution in [1.29, 1.82) is 0 Å². The van der Waals surface area contributed by atoms with E-state index in [0.717, 1.165) is 16.7 Å². The lowest BCUT2D eigenvalue weighted by Gasteiger charge is -2.08. The number of rotatable bonds is 3. The lowest BCUT2D eigenvalue weighted by Crippen LogP contribution is -1.94. The van der Waals surface area contributed by atoms with Gasteiger partial charge in [-0.15, -0.1) is 0 Å². The van der Waals surface area contributed by atoms with E-state index in [2.05, 4.69) is 6.58 Å². The molecule has 0 unspecified atom stereocenters. The zero-order valence-electron chi connectivity index (χ0n) is 8.00. The molecule has 1 rings (SSSR count). The molecule has 0 aliphatic rings. The normalized spacial score (nSPS) is 10.0. The Bertz CT molecular complexity index is 316. The van der Waals surface area contributed by atoms with Gasteiger partial charge in [-0.05, 0) is 35.8 Å². The Morgan fingerprint density at radius 1 is 1.54 bits per heavy atom. The molecule has 0 aliphatic heterocycles.